The summed E-state index contributed by atoms with van der Waals surface area (Å²) in [5.41, 5.74) is 2.14. The Kier molecular flexibility index (Phi) is 15.1. The first-order valence-corrected chi connectivity index (χ1v) is 8.21. The molecular weight excluding hydrogens is 288 g/mol. The van der Waals surface area contributed by atoms with Crippen molar-refractivity contribution in [3.8, 4) is 0 Å². The minimum Gasteiger partial charge on any atom is -0.481 e. The number of urea groups is 1. The standard InChI is InChI=1S/C15H30N2O5/c1-2-3-4-5-6-9-12-16-15(20)17-22-21-13-10-7-8-11-14(18)19/h2-13H2,1H3,(H,18,19)(H2,16,17,20). The fourth-order valence-corrected chi connectivity index (χ4v) is 1.87. The zero-order valence-corrected chi connectivity index (χ0v) is 13.6. The molecule has 0 spiro atoms. The minimum absolute atomic E-state index is 0.167. The summed E-state index contributed by atoms with van der Waals surface area (Å²) in [6.45, 7) is 3.12. The lowest BCUT2D eigenvalue weighted by Gasteiger charge is -2.07. The van der Waals surface area contributed by atoms with Crippen molar-refractivity contribution >= 4 is 12.0 Å². The highest BCUT2D eigenvalue weighted by atomic mass is 17.3. The first-order chi connectivity index (χ1) is 10.7. The number of hydrogen-bond donors (Lipinski definition) is 3. The van der Waals surface area contributed by atoms with Crippen LogP contribution in [0.1, 0.15) is 71.1 Å². The van der Waals surface area contributed by atoms with E-state index in [1.807, 2.05) is 0 Å². The van der Waals surface area contributed by atoms with Crippen LogP contribution < -0.4 is 10.8 Å². The van der Waals surface area contributed by atoms with Crippen LogP contribution in [0.25, 0.3) is 0 Å². The Morgan fingerprint density at radius 1 is 0.955 bits per heavy atom. The molecule has 0 unspecified atom stereocenters. The van der Waals surface area contributed by atoms with Crippen LogP contribution in [0.2, 0.25) is 0 Å². The Morgan fingerprint density at radius 2 is 1.64 bits per heavy atom. The maximum Gasteiger partial charge on any atom is 0.341 e. The van der Waals surface area contributed by atoms with Gasteiger partial charge in [0.25, 0.3) is 0 Å². The number of carbonyl (C=O) groups excluding carboxylic acids is 1. The SMILES string of the molecule is CCCCCCCCNC(=O)NOOCCCCCC(=O)O. The van der Waals surface area contributed by atoms with Crippen molar-refractivity contribution in [2.75, 3.05) is 13.2 Å². The van der Waals surface area contributed by atoms with Crippen LogP contribution in [-0.2, 0) is 14.7 Å². The number of hydroxylamine groups is 1. The van der Waals surface area contributed by atoms with Gasteiger partial charge in [0.1, 0.15) is 0 Å². The molecule has 0 saturated heterocycles. The third-order valence-corrected chi connectivity index (χ3v) is 3.13. The zero-order valence-electron chi connectivity index (χ0n) is 13.6. The average molecular weight is 318 g/mol. The Bertz CT molecular complexity index is 287. The van der Waals surface area contributed by atoms with E-state index >= 15 is 0 Å². The van der Waals surface area contributed by atoms with E-state index in [1.54, 1.807) is 0 Å². The first kappa shape index (κ1) is 20.7. The van der Waals surface area contributed by atoms with Gasteiger partial charge in [-0.15, -0.1) is 4.99 Å². The van der Waals surface area contributed by atoms with Crippen LogP contribution in [-0.4, -0.2) is 30.3 Å². The van der Waals surface area contributed by atoms with Gasteiger partial charge in [-0.1, -0.05) is 45.4 Å². The number of unbranched alkanes of at least 4 members (excludes halogenated alkanes) is 7. The lowest BCUT2D eigenvalue weighted by atomic mass is 10.1. The second kappa shape index (κ2) is 16.0. The van der Waals surface area contributed by atoms with Crippen molar-refractivity contribution in [2.45, 2.75) is 71.1 Å². The molecule has 0 bridgehead atoms. The molecule has 7 heteroatoms. The molecule has 0 aromatic heterocycles. The predicted molar refractivity (Wildman–Crippen MR) is 83.1 cm³/mol. The fraction of sp³-hybridized carbons (Fsp3) is 0.867. The van der Waals surface area contributed by atoms with Gasteiger partial charge < -0.3 is 10.4 Å². The monoisotopic (exact) mass is 318 g/mol. The second-order valence-electron chi connectivity index (χ2n) is 5.24. The topological polar surface area (TPSA) is 96.9 Å². The number of carboxylic acids is 1. The molecule has 2 amide bonds. The summed E-state index contributed by atoms with van der Waals surface area (Å²) in [7, 11) is 0. The van der Waals surface area contributed by atoms with E-state index in [4.69, 9.17) is 9.99 Å². The summed E-state index contributed by atoms with van der Waals surface area (Å²) >= 11 is 0. The van der Waals surface area contributed by atoms with Gasteiger partial charge >= 0.3 is 12.0 Å². The molecule has 0 aliphatic rings. The lowest BCUT2D eigenvalue weighted by Crippen LogP contribution is -2.36. The number of carboxylic acid groups (broad SMARTS) is 1. The molecule has 0 saturated carbocycles. The van der Waals surface area contributed by atoms with E-state index in [1.165, 1.54) is 25.7 Å². The summed E-state index contributed by atoms with van der Waals surface area (Å²) < 4.78 is 0. The Balaban J connectivity index is 3.17. The van der Waals surface area contributed by atoms with Gasteiger partial charge in [0.05, 0.1) is 6.61 Å². The third kappa shape index (κ3) is 16.7. The summed E-state index contributed by atoms with van der Waals surface area (Å²) in [5, 5.41) is 11.1. The van der Waals surface area contributed by atoms with E-state index in [0.717, 1.165) is 19.3 Å². The summed E-state index contributed by atoms with van der Waals surface area (Å²) in [5.74, 6) is -0.791. The first-order valence-electron chi connectivity index (χ1n) is 8.21. The average Bonchev–Trinajstić information content (AvgIpc) is 2.48. The molecule has 130 valence electrons. The van der Waals surface area contributed by atoms with Crippen molar-refractivity contribution in [1.29, 1.82) is 0 Å². The Hall–Kier alpha value is -1.34. The van der Waals surface area contributed by atoms with Crippen LogP contribution in [0.5, 0.6) is 0 Å². The van der Waals surface area contributed by atoms with Crippen LogP contribution in [0, 0.1) is 0 Å². The molecular formula is C15H30N2O5. The Labute approximate surface area is 132 Å². The number of amides is 2. The van der Waals surface area contributed by atoms with Gasteiger partial charge in [-0.05, 0) is 19.3 Å². The quantitative estimate of drug-likeness (QED) is 0.245. The second-order valence-corrected chi connectivity index (χ2v) is 5.24. The Morgan fingerprint density at radius 3 is 2.36 bits per heavy atom. The van der Waals surface area contributed by atoms with E-state index in [9.17, 15) is 9.59 Å². The van der Waals surface area contributed by atoms with Crippen molar-refractivity contribution in [2.24, 2.45) is 0 Å². The van der Waals surface area contributed by atoms with Gasteiger partial charge in [0, 0.05) is 13.0 Å². The number of carbonyl (C=O) groups is 2. The molecule has 0 atom stereocenters. The van der Waals surface area contributed by atoms with E-state index in [0.29, 0.717) is 26.0 Å². The summed E-state index contributed by atoms with van der Waals surface area (Å²) in [4.78, 5) is 30.9. The molecule has 0 aromatic carbocycles. The molecule has 0 aromatic rings. The molecule has 0 aliphatic heterocycles. The molecule has 7 nitrogen and oxygen atoms in total. The lowest BCUT2D eigenvalue weighted by molar-refractivity contribution is -0.324. The van der Waals surface area contributed by atoms with Gasteiger partial charge in [0.15, 0.2) is 0 Å². The normalized spacial score (nSPS) is 10.4. The van der Waals surface area contributed by atoms with Gasteiger partial charge in [-0.25, -0.2) is 9.68 Å². The zero-order chi connectivity index (χ0) is 16.5. The van der Waals surface area contributed by atoms with E-state index in [2.05, 4.69) is 22.7 Å². The highest BCUT2D eigenvalue weighted by Gasteiger charge is 2.00. The number of nitrogens with one attached hydrogen (secondary N) is 2. The fourth-order valence-electron chi connectivity index (χ4n) is 1.87. The predicted octanol–water partition coefficient (Wildman–Crippen LogP) is 3.15. The van der Waals surface area contributed by atoms with Gasteiger partial charge in [0.2, 0.25) is 0 Å². The molecule has 0 rings (SSSR count). The molecule has 0 fully saturated rings. The molecule has 0 radical (unpaired) electrons. The number of hydrogen-bond acceptors (Lipinski definition) is 4. The van der Waals surface area contributed by atoms with Crippen LogP contribution >= 0.6 is 0 Å². The van der Waals surface area contributed by atoms with Crippen LogP contribution in [0.15, 0.2) is 0 Å². The summed E-state index contributed by atoms with van der Waals surface area (Å²) in [6.07, 6.45) is 9.27. The van der Waals surface area contributed by atoms with E-state index < -0.39 is 12.0 Å². The van der Waals surface area contributed by atoms with Gasteiger partial charge in [-0.2, -0.15) is 5.48 Å². The number of rotatable bonds is 15. The van der Waals surface area contributed by atoms with Crippen molar-refractivity contribution in [3.05, 3.63) is 0 Å². The van der Waals surface area contributed by atoms with Gasteiger partial charge in [-0.3, -0.25) is 4.79 Å². The highest BCUT2D eigenvalue weighted by Crippen LogP contribution is 2.04. The largest absolute Gasteiger partial charge is 0.481 e. The third-order valence-electron chi connectivity index (χ3n) is 3.13. The summed E-state index contributed by atoms with van der Waals surface area (Å²) in [6, 6.07) is -0.417. The van der Waals surface area contributed by atoms with Crippen molar-refractivity contribution in [3.63, 3.8) is 0 Å². The van der Waals surface area contributed by atoms with Crippen molar-refractivity contribution < 1.29 is 24.6 Å². The van der Waals surface area contributed by atoms with E-state index in [-0.39, 0.29) is 6.42 Å². The highest BCUT2D eigenvalue weighted by molar-refractivity contribution is 5.72. The number of aliphatic carboxylic acids is 1. The minimum atomic E-state index is -0.791. The molecule has 0 heterocycles. The van der Waals surface area contributed by atoms with Crippen LogP contribution in [0.4, 0.5) is 4.79 Å². The van der Waals surface area contributed by atoms with Crippen molar-refractivity contribution in [1.82, 2.24) is 10.8 Å². The smallest absolute Gasteiger partial charge is 0.341 e. The maximum absolute atomic E-state index is 11.3. The molecule has 3 N–H and O–H groups in total. The van der Waals surface area contributed by atoms with Crippen LogP contribution in [0.3, 0.4) is 0 Å². The maximum atomic E-state index is 11.3. The molecule has 22 heavy (non-hydrogen) atoms. The molecule has 0 aliphatic carbocycles.